The Morgan fingerprint density at radius 3 is 2.36 bits per heavy atom. The molecule has 0 unspecified atom stereocenters. The van der Waals surface area contributed by atoms with E-state index < -0.39 is 17.5 Å². The number of aromatic amines is 1. The average Bonchev–Trinajstić information content (AvgIpc) is 3.80. The van der Waals surface area contributed by atoms with Crippen molar-refractivity contribution in [2.24, 2.45) is 13.0 Å². The predicted octanol–water partition coefficient (Wildman–Crippen LogP) is 5.24. The summed E-state index contributed by atoms with van der Waals surface area (Å²) in [7, 11) is 5.91. The highest BCUT2D eigenvalue weighted by Crippen LogP contribution is 2.36. The zero-order chi connectivity index (χ0) is 37.4. The van der Waals surface area contributed by atoms with Gasteiger partial charge in [-0.25, -0.2) is 13.8 Å². The summed E-state index contributed by atoms with van der Waals surface area (Å²) in [6.07, 6.45) is 7.03. The van der Waals surface area contributed by atoms with Gasteiger partial charge in [-0.3, -0.25) is 19.5 Å². The molecule has 0 saturated carbocycles. The van der Waals surface area contributed by atoms with E-state index in [9.17, 15) is 14.4 Å². The molecule has 3 aliphatic rings. The van der Waals surface area contributed by atoms with Gasteiger partial charge >= 0.3 is 0 Å². The molecule has 0 spiro atoms. The van der Waals surface area contributed by atoms with Crippen LogP contribution in [0, 0.1) is 17.6 Å². The van der Waals surface area contributed by atoms with Crippen LogP contribution in [-0.2, 0) is 16.6 Å². The fourth-order valence-electron chi connectivity index (χ4n) is 7.34. The van der Waals surface area contributed by atoms with Gasteiger partial charge in [0.15, 0.2) is 17.5 Å². The minimum atomic E-state index is -1.08. The van der Waals surface area contributed by atoms with Gasteiger partial charge < -0.3 is 28.9 Å². The van der Waals surface area contributed by atoms with Crippen LogP contribution in [0.2, 0.25) is 5.02 Å². The molecule has 2 saturated heterocycles. The molecule has 5 heterocycles. The number of carbonyl (C=O) groups is 3. The Morgan fingerprint density at radius 1 is 0.962 bits per heavy atom. The number of piperidine rings is 1. The van der Waals surface area contributed by atoms with Crippen LogP contribution in [0.4, 0.5) is 14.5 Å². The number of nitrogens with one attached hydrogen (secondary N) is 2. The number of hydrogen-bond donors (Lipinski definition) is 2. The summed E-state index contributed by atoms with van der Waals surface area (Å²) in [5.74, 6) is -2.83. The number of anilines is 1. The molecule has 7 rings (SSSR count). The highest BCUT2D eigenvalue weighted by Gasteiger charge is 2.35. The number of hydrogen-bond acceptors (Lipinski definition) is 6. The molecule has 3 aliphatic heterocycles. The van der Waals surface area contributed by atoms with Crippen molar-refractivity contribution in [1.82, 2.24) is 29.5 Å². The summed E-state index contributed by atoms with van der Waals surface area (Å²) in [5.41, 5.74) is 2.75. The zero-order valence-electron chi connectivity index (χ0n) is 29.9. The van der Waals surface area contributed by atoms with E-state index >= 15 is 8.78 Å². The Bertz CT molecular complexity index is 2090. The molecule has 0 atom stereocenters. The van der Waals surface area contributed by atoms with Gasteiger partial charge in [0.05, 0.1) is 74.8 Å². The molecule has 0 aliphatic carbocycles. The molecule has 15 heteroatoms. The Hall–Kier alpha value is -4.92. The largest absolute Gasteiger partial charge is 0.377 e. The molecule has 2 fully saturated rings. The number of ether oxygens (including phenoxy) is 1. The SMILES string of the molecule is Cn1c(-c2ccc(-c3cn[nH]c3C3=CCOCC3)c(F)c2F)cnc1C(=O)Nc1ccc(C(=O)N2CCN(C(=O)C3CC[N+](C)(C)CC3)CC2)c(Cl)c1. The van der Waals surface area contributed by atoms with Gasteiger partial charge in [-0.15, -0.1) is 0 Å². The van der Waals surface area contributed by atoms with Gasteiger partial charge in [0.2, 0.25) is 5.91 Å². The van der Waals surface area contributed by atoms with Crippen LogP contribution in [0.1, 0.15) is 45.9 Å². The maximum Gasteiger partial charge on any atom is 0.291 e. The van der Waals surface area contributed by atoms with Crippen molar-refractivity contribution in [1.29, 1.82) is 0 Å². The zero-order valence-corrected chi connectivity index (χ0v) is 30.7. The van der Waals surface area contributed by atoms with Crippen molar-refractivity contribution in [3.63, 3.8) is 0 Å². The number of halogens is 3. The number of carbonyl (C=O) groups excluding carboxylic acids is 3. The number of benzene rings is 2. The lowest BCUT2D eigenvalue weighted by molar-refractivity contribution is -0.895. The molecule has 3 amide bonds. The van der Waals surface area contributed by atoms with Crippen molar-refractivity contribution in [3.05, 3.63) is 82.5 Å². The number of rotatable bonds is 7. The first-order chi connectivity index (χ1) is 25.4. The highest BCUT2D eigenvalue weighted by atomic mass is 35.5. The third kappa shape index (κ3) is 7.35. The fourth-order valence-corrected chi connectivity index (χ4v) is 7.60. The van der Waals surface area contributed by atoms with Crippen molar-refractivity contribution >= 4 is 40.6 Å². The van der Waals surface area contributed by atoms with Gasteiger partial charge in [-0.1, -0.05) is 23.7 Å². The molecule has 12 nitrogen and oxygen atoms in total. The lowest BCUT2D eigenvalue weighted by atomic mass is 9.94. The monoisotopic (exact) mass is 747 g/mol. The maximum absolute atomic E-state index is 15.6. The van der Waals surface area contributed by atoms with E-state index in [2.05, 4.69) is 34.6 Å². The molecule has 53 heavy (non-hydrogen) atoms. The summed E-state index contributed by atoms with van der Waals surface area (Å²) < 4.78 is 38.9. The first-order valence-corrected chi connectivity index (χ1v) is 18.1. The van der Waals surface area contributed by atoms with Crippen LogP contribution in [-0.4, -0.2) is 118 Å². The van der Waals surface area contributed by atoms with Crippen LogP contribution in [0.3, 0.4) is 0 Å². The smallest absolute Gasteiger partial charge is 0.291 e. The fraction of sp³-hybridized carbons (Fsp3) is 0.395. The summed E-state index contributed by atoms with van der Waals surface area (Å²) in [4.78, 5) is 47.6. The van der Waals surface area contributed by atoms with Crippen molar-refractivity contribution < 1.29 is 32.4 Å². The summed E-state index contributed by atoms with van der Waals surface area (Å²) in [5, 5.41) is 9.84. The Labute approximate surface area is 311 Å². The van der Waals surface area contributed by atoms with Gasteiger partial charge in [0, 0.05) is 74.4 Å². The predicted molar refractivity (Wildman–Crippen MR) is 196 cm³/mol. The molecule has 4 aromatic rings. The lowest BCUT2D eigenvalue weighted by Crippen LogP contribution is -2.54. The number of likely N-dealkylation sites (tertiary alicyclic amines) is 1. The minimum Gasteiger partial charge on any atom is -0.377 e. The van der Waals surface area contributed by atoms with Gasteiger partial charge in [-0.05, 0) is 36.3 Å². The van der Waals surface area contributed by atoms with Gasteiger partial charge in [0.1, 0.15) is 0 Å². The Balaban J connectivity index is 0.992. The Kier molecular flexibility index (Phi) is 10.2. The second-order valence-corrected chi connectivity index (χ2v) is 14.9. The van der Waals surface area contributed by atoms with E-state index in [1.807, 2.05) is 11.0 Å². The summed E-state index contributed by atoms with van der Waals surface area (Å²) >= 11 is 6.55. The van der Waals surface area contributed by atoms with Crippen LogP contribution in [0.25, 0.3) is 28.0 Å². The van der Waals surface area contributed by atoms with Crippen LogP contribution >= 0.6 is 11.6 Å². The first kappa shape index (κ1) is 36.4. The summed E-state index contributed by atoms with van der Waals surface area (Å²) in [6.45, 7) is 4.66. The molecule has 2 N–H and O–H groups in total. The molecule has 278 valence electrons. The minimum absolute atomic E-state index is 0.0382. The average molecular weight is 748 g/mol. The number of piperazine rings is 1. The lowest BCUT2D eigenvalue weighted by Gasteiger charge is -2.40. The second kappa shape index (κ2) is 14.8. The number of quaternary nitrogens is 1. The quantitative estimate of drug-likeness (QED) is 0.250. The number of amides is 3. The number of H-pyrrole nitrogens is 1. The van der Waals surface area contributed by atoms with Crippen LogP contribution in [0.5, 0.6) is 0 Å². The third-order valence-corrected chi connectivity index (χ3v) is 10.9. The van der Waals surface area contributed by atoms with Crippen LogP contribution in [0.15, 0.2) is 48.8 Å². The summed E-state index contributed by atoms with van der Waals surface area (Å²) in [6, 6.07) is 7.53. The van der Waals surface area contributed by atoms with Crippen molar-refractivity contribution in [2.75, 3.05) is 71.9 Å². The first-order valence-electron chi connectivity index (χ1n) is 17.7. The van der Waals surface area contributed by atoms with Crippen molar-refractivity contribution in [2.45, 2.75) is 19.3 Å². The van der Waals surface area contributed by atoms with E-state index in [1.54, 1.807) is 17.0 Å². The van der Waals surface area contributed by atoms with Crippen molar-refractivity contribution in [3.8, 4) is 22.4 Å². The number of imidazole rings is 1. The molecular formula is C38H42ClF2N8O4+. The van der Waals surface area contributed by atoms with E-state index in [4.69, 9.17) is 16.3 Å². The Morgan fingerprint density at radius 2 is 1.66 bits per heavy atom. The molecule has 0 radical (unpaired) electrons. The van der Waals surface area contributed by atoms with E-state index in [0.29, 0.717) is 62.8 Å². The molecule has 2 aromatic heterocycles. The van der Waals surface area contributed by atoms with E-state index in [0.717, 1.165) is 36.0 Å². The number of nitrogens with zero attached hydrogens (tertiary/aromatic N) is 6. The topological polar surface area (TPSA) is 125 Å². The maximum atomic E-state index is 15.6. The molecule has 0 bridgehead atoms. The van der Waals surface area contributed by atoms with Crippen LogP contribution < -0.4 is 5.32 Å². The molecule has 2 aromatic carbocycles. The second-order valence-electron chi connectivity index (χ2n) is 14.5. The normalized spacial score (nSPS) is 17.8. The standard InChI is InChI=1S/C38H41ClF2N8O4/c1-46-31(28-7-6-26(32(40)33(28)41)29-21-43-45-34(29)23-10-18-53-19-11-23)22-42-35(46)36(50)44-25-4-5-27(30(39)20-25)38(52)48-14-12-47(13-15-48)37(51)24-8-16-49(2,3)17-9-24/h4-7,10,20-22,24H,8-9,11-19H2,1-3H3,(H-,43,44,45,50,52)/p+1. The number of aromatic nitrogens is 4. The van der Waals surface area contributed by atoms with Gasteiger partial charge in [0.25, 0.3) is 11.8 Å². The third-order valence-electron chi connectivity index (χ3n) is 10.6. The van der Waals surface area contributed by atoms with E-state index in [-0.39, 0.29) is 51.0 Å². The van der Waals surface area contributed by atoms with E-state index in [1.165, 1.54) is 42.2 Å². The highest BCUT2D eigenvalue weighted by molar-refractivity contribution is 6.34. The molecular weight excluding hydrogens is 706 g/mol. The van der Waals surface area contributed by atoms with Gasteiger partial charge in [-0.2, -0.15) is 5.10 Å².